The maximum atomic E-state index is 12.3. The van der Waals surface area contributed by atoms with Crippen molar-refractivity contribution in [1.82, 2.24) is 4.31 Å². The van der Waals surface area contributed by atoms with Crippen LogP contribution in [0.4, 0.5) is 0 Å². The first-order chi connectivity index (χ1) is 8.39. The van der Waals surface area contributed by atoms with Crippen LogP contribution < -0.4 is 0 Å². The Morgan fingerprint density at radius 1 is 1.33 bits per heavy atom. The zero-order valence-electron chi connectivity index (χ0n) is 9.26. The van der Waals surface area contributed by atoms with E-state index in [2.05, 4.69) is 31.9 Å². The van der Waals surface area contributed by atoms with Crippen LogP contribution in [-0.4, -0.2) is 19.8 Å². The average molecular weight is 431 g/mol. The molecule has 0 fully saturated rings. The van der Waals surface area contributed by atoms with Crippen molar-refractivity contribution in [1.29, 1.82) is 0 Å². The Morgan fingerprint density at radius 2 is 2.06 bits per heavy atom. The molecule has 0 aromatic carbocycles. The van der Waals surface area contributed by atoms with Gasteiger partial charge in [-0.15, -0.1) is 22.7 Å². The summed E-state index contributed by atoms with van der Waals surface area (Å²) in [6.07, 6.45) is 0. The average Bonchev–Trinajstić information content (AvgIpc) is 2.88. The fourth-order valence-electron chi connectivity index (χ4n) is 1.33. The first-order valence-electron chi connectivity index (χ1n) is 4.84. The third-order valence-electron chi connectivity index (χ3n) is 2.21. The molecule has 0 radical (unpaired) electrons. The Bertz CT molecular complexity index is 648. The monoisotopic (exact) mass is 429 g/mol. The van der Waals surface area contributed by atoms with Gasteiger partial charge in [0.25, 0.3) is 10.0 Å². The van der Waals surface area contributed by atoms with Crippen LogP contribution in [0.2, 0.25) is 0 Å². The zero-order chi connectivity index (χ0) is 13.3. The molecule has 0 aliphatic heterocycles. The van der Waals surface area contributed by atoms with Crippen LogP contribution in [-0.2, 0) is 16.6 Å². The minimum Gasteiger partial charge on any atom is -0.206 e. The third-order valence-corrected chi connectivity index (χ3v) is 7.79. The summed E-state index contributed by atoms with van der Waals surface area (Å²) >= 11 is 9.39. The number of sulfonamides is 1. The molecule has 18 heavy (non-hydrogen) atoms. The van der Waals surface area contributed by atoms with Gasteiger partial charge in [-0.25, -0.2) is 8.42 Å². The summed E-state index contributed by atoms with van der Waals surface area (Å²) in [7, 11) is -1.80. The van der Waals surface area contributed by atoms with E-state index in [0.29, 0.717) is 10.8 Å². The first kappa shape index (κ1) is 14.7. The van der Waals surface area contributed by atoms with Crippen molar-refractivity contribution in [2.45, 2.75) is 10.8 Å². The van der Waals surface area contributed by atoms with E-state index in [4.69, 9.17) is 0 Å². The summed E-state index contributed by atoms with van der Waals surface area (Å²) in [6, 6.07) is 5.29. The number of hydrogen-bond donors (Lipinski definition) is 0. The molecule has 0 bridgehead atoms. The topological polar surface area (TPSA) is 37.4 Å². The molecule has 0 N–H and O–H groups in total. The SMILES string of the molecule is CN(Cc1cc(Br)cs1)S(=O)(=O)c1ccc(Br)s1. The van der Waals surface area contributed by atoms with Crippen molar-refractivity contribution in [3.8, 4) is 0 Å². The van der Waals surface area contributed by atoms with Crippen LogP contribution in [0.1, 0.15) is 4.88 Å². The smallest absolute Gasteiger partial charge is 0.206 e. The van der Waals surface area contributed by atoms with Gasteiger partial charge in [-0.3, -0.25) is 0 Å². The second-order valence-electron chi connectivity index (χ2n) is 3.55. The van der Waals surface area contributed by atoms with Gasteiger partial charge in [0.1, 0.15) is 4.21 Å². The van der Waals surface area contributed by atoms with Crippen molar-refractivity contribution in [2.24, 2.45) is 0 Å². The van der Waals surface area contributed by atoms with Crippen molar-refractivity contribution in [3.05, 3.63) is 36.7 Å². The molecule has 8 heteroatoms. The Kier molecular flexibility index (Phi) is 4.66. The highest BCUT2D eigenvalue weighted by atomic mass is 79.9. The first-order valence-corrected chi connectivity index (χ1v) is 9.56. The number of rotatable bonds is 4. The molecule has 0 saturated heterocycles. The maximum absolute atomic E-state index is 12.3. The highest BCUT2D eigenvalue weighted by Crippen LogP contribution is 2.29. The van der Waals surface area contributed by atoms with E-state index in [1.807, 2.05) is 11.4 Å². The lowest BCUT2D eigenvalue weighted by molar-refractivity contribution is 0.471. The minimum atomic E-state index is -3.39. The van der Waals surface area contributed by atoms with Gasteiger partial charge in [0.05, 0.1) is 3.79 Å². The fourth-order valence-corrected chi connectivity index (χ4v) is 6.29. The van der Waals surface area contributed by atoms with Gasteiger partial charge in [-0.05, 0) is 50.1 Å². The van der Waals surface area contributed by atoms with Gasteiger partial charge in [-0.2, -0.15) is 4.31 Å². The molecule has 0 saturated carbocycles. The van der Waals surface area contributed by atoms with Gasteiger partial charge in [0, 0.05) is 28.3 Å². The molecule has 3 nitrogen and oxygen atoms in total. The highest BCUT2D eigenvalue weighted by Gasteiger charge is 2.23. The van der Waals surface area contributed by atoms with Crippen molar-refractivity contribution in [3.63, 3.8) is 0 Å². The van der Waals surface area contributed by atoms with Crippen LogP contribution in [0.15, 0.2) is 36.0 Å². The second kappa shape index (κ2) is 5.72. The molecule has 0 aliphatic carbocycles. The Labute approximate surface area is 131 Å². The van der Waals surface area contributed by atoms with E-state index in [1.54, 1.807) is 19.2 Å². The van der Waals surface area contributed by atoms with Gasteiger partial charge < -0.3 is 0 Å². The number of thiophene rings is 2. The molecule has 0 aliphatic rings. The van der Waals surface area contributed by atoms with Crippen LogP contribution in [0.3, 0.4) is 0 Å². The summed E-state index contributed by atoms with van der Waals surface area (Å²) in [5.41, 5.74) is 0. The quantitative estimate of drug-likeness (QED) is 0.730. The zero-order valence-corrected chi connectivity index (χ0v) is 14.9. The molecular formula is C10H9Br2NO2S3. The summed E-state index contributed by atoms with van der Waals surface area (Å²) < 4.78 is 28.0. The van der Waals surface area contributed by atoms with E-state index in [0.717, 1.165) is 13.1 Å². The van der Waals surface area contributed by atoms with Gasteiger partial charge in [0.2, 0.25) is 0 Å². The molecule has 2 aromatic rings. The van der Waals surface area contributed by atoms with E-state index in [9.17, 15) is 8.42 Å². The van der Waals surface area contributed by atoms with Gasteiger partial charge in [-0.1, -0.05) is 0 Å². The number of nitrogens with zero attached hydrogens (tertiary/aromatic N) is 1. The van der Waals surface area contributed by atoms with Gasteiger partial charge >= 0.3 is 0 Å². The van der Waals surface area contributed by atoms with Crippen molar-refractivity contribution in [2.75, 3.05) is 7.05 Å². The standard InChI is InChI=1S/C10H9Br2NO2S3/c1-13(5-8-4-7(11)6-16-8)18(14,15)10-3-2-9(12)17-10/h2-4,6H,5H2,1H3. The van der Waals surface area contributed by atoms with Crippen molar-refractivity contribution >= 4 is 64.6 Å². The molecule has 0 atom stereocenters. The predicted molar refractivity (Wildman–Crippen MR) is 82.7 cm³/mol. The van der Waals surface area contributed by atoms with E-state index in [-0.39, 0.29) is 0 Å². The number of hydrogen-bond acceptors (Lipinski definition) is 4. The molecule has 2 heterocycles. The summed E-state index contributed by atoms with van der Waals surface area (Å²) in [4.78, 5) is 1.00. The van der Waals surface area contributed by atoms with Gasteiger partial charge in [0.15, 0.2) is 0 Å². The molecule has 0 amide bonds. The fraction of sp³-hybridized carbons (Fsp3) is 0.200. The lowest BCUT2D eigenvalue weighted by Crippen LogP contribution is -2.25. The molecule has 0 unspecified atom stereocenters. The predicted octanol–water partition coefficient (Wildman–Crippen LogP) is 4.16. The van der Waals surface area contributed by atoms with Crippen LogP contribution in [0, 0.1) is 0 Å². The highest BCUT2D eigenvalue weighted by molar-refractivity contribution is 9.11. The largest absolute Gasteiger partial charge is 0.252 e. The molecule has 98 valence electrons. The van der Waals surface area contributed by atoms with Crippen LogP contribution in [0.25, 0.3) is 0 Å². The molecule has 0 spiro atoms. The van der Waals surface area contributed by atoms with Crippen LogP contribution >= 0.6 is 54.5 Å². The van der Waals surface area contributed by atoms with E-state index < -0.39 is 10.0 Å². The van der Waals surface area contributed by atoms with Crippen molar-refractivity contribution < 1.29 is 8.42 Å². The normalized spacial score (nSPS) is 12.2. The number of halogens is 2. The molecular weight excluding hydrogens is 422 g/mol. The molecule has 2 rings (SSSR count). The summed E-state index contributed by atoms with van der Waals surface area (Å²) in [6.45, 7) is 0.383. The lowest BCUT2D eigenvalue weighted by atomic mass is 10.5. The minimum absolute atomic E-state index is 0.354. The Morgan fingerprint density at radius 3 is 2.56 bits per heavy atom. The maximum Gasteiger partial charge on any atom is 0.252 e. The van der Waals surface area contributed by atoms with E-state index >= 15 is 0 Å². The Balaban J connectivity index is 2.20. The molecule has 2 aromatic heterocycles. The second-order valence-corrected chi connectivity index (χ2v) is 10.2. The third kappa shape index (κ3) is 3.23. The van der Waals surface area contributed by atoms with Crippen LogP contribution in [0.5, 0.6) is 0 Å². The lowest BCUT2D eigenvalue weighted by Gasteiger charge is -2.14. The summed E-state index contributed by atoms with van der Waals surface area (Å²) in [5.74, 6) is 0. The summed E-state index contributed by atoms with van der Waals surface area (Å²) in [5, 5.41) is 1.94. The Hall–Kier alpha value is 0.270. The van der Waals surface area contributed by atoms with E-state index in [1.165, 1.54) is 27.0 Å².